The monoisotopic (exact) mass is 559 g/mol. The van der Waals surface area contributed by atoms with Gasteiger partial charge in [0.2, 0.25) is 5.88 Å². The summed E-state index contributed by atoms with van der Waals surface area (Å²) in [5.41, 5.74) is 8.09. The molecule has 13 heteroatoms. The number of alkyl halides is 3. The Morgan fingerprint density at radius 3 is 2.40 bits per heavy atom. The number of hydrogen-bond donors (Lipinski definition) is 1. The van der Waals surface area contributed by atoms with Gasteiger partial charge in [-0.25, -0.2) is 0 Å². The van der Waals surface area contributed by atoms with Crippen molar-refractivity contribution in [2.45, 2.75) is 44.5 Å². The number of ether oxygens (including phenoxy) is 1. The summed E-state index contributed by atoms with van der Waals surface area (Å²) in [5, 5.41) is 8.26. The number of nitrogens with two attached hydrogens (primary N) is 1. The zero-order valence-corrected chi connectivity index (χ0v) is 22.6. The third kappa shape index (κ3) is 5.02. The van der Waals surface area contributed by atoms with Crippen LogP contribution in [-0.4, -0.2) is 69.2 Å². The molecule has 3 aromatic heterocycles. The second kappa shape index (κ2) is 9.50. The van der Waals surface area contributed by atoms with E-state index in [1.165, 1.54) is 6.26 Å². The highest BCUT2D eigenvalue weighted by atomic mass is 19.4. The first-order chi connectivity index (χ1) is 18.9. The Morgan fingerprint density at radius 1 is 1.10 bits per heavy atom. The highest BCUT2D eigenvalue weighted by molar-refractivity contribution is 5.94. The van der Waals surface area contributed by atoms with E-state index in [1.54, 1.807) is 23.9 Å². The van der Waals surface area contributed by atoms with Crippen molar-refractivity contribution >= 4 is 11.7 Å². The highest BCUT2D eigenvalue weighted by Crippen LogP contribution is 2.48. The van der Waals surface area contributed by atoms with E-state index in [2.05, 4.69) is 15.2 Å². The van der Waals surface area contributed by atoms with E-state index in [0.29, 0.717) is 41.9 Å². The third-order valence-corrected chi connectivity index (χ3v) is 8.27. The number of rotatable bonds is 6. The summed E-state index contributed by atoms with van der Waals surface area (Å²) in [6.45, 7) is 5.38. The van der Waals surface area contributed by atoms with Gasteiger partial charge in [0, 0.05) is 62.7 Å². The lowest BCUT2D eigenvalue weighted by molar-refractivity contribution is -0.179. The number of halogens is 3. The van der Waals surface area contributed by atoms with Crippen LogP contribution in [0.4, 0.5) is 19.0 Å². The number of anilines is 1. The smallest absolute Gasteiger partial charge is 0.391 e. The van der Waals surface area contributed by atoms with Crippen LogP contribution in [0, 0.1) is 17.8 Å². The Balaban J connectivity index is 1.12. The first-order valence-electron chi connectivity index (χ1n) is 13.4. The van der Waals surface area contributed by atoms with E-state index >= 15 is 0 Å². The molecule has 214 valence electrons. The van der Waals surface area contributed by atoms with Crippen LogP contribution < -0.4 is 15.4 Å². The van der Waals surface area contributed by atoms with Gasteiger partial charge in [0.25, 0.3) is 5.91 Å². The van der Waals surface area contributed by atoms with Gasteiger partial charge in [-0.1, -0.05) is 5.16 Å². The Kier molecular flexibility index (Phi) is 6.32. The van der Waals surface area contributed by atoms with Gasteiger partial charge in [0.1, 0.15) is 35.3 Å². The van der Waals surface area contributed by atoms with Crippen LogP contribution in [0.3, 0.4) is 0 Å². The Bertz CT molecular complexity index is 1380. The molecule has 10 nitrogen and oxygen atoms in total. The molecule has 0 spiro atoms. The molecule has 3 atom stereocenters. The van der Waals surface area contributed by atoms with Crippen molar-refractivity contribution in [3.8, 4) is 17.3 Å². The van der Waals surface area contributed by atoms with Gasteiger partial charge in [-0.2, -0.15) is 23.3 Å². The summed E-state index contributed by atoms with van der Waals surface area (Å²) < 4.78 is 52.2. The van der Waals surface area contributed by atoms with Crippen molar-refractivity contribution in [2.75, 3.05) is 31.1 Å². The van der Waals surface area contributed by atoms with Gasteiger partial charge >= 0.3 is 6.18 Å². The van der Waals surface area contributed by atoms with Gasteiger partial charge in [-0.3, -0.25) is 9.48 Å². The minimum atomic E-state index is -4.18. The minimum absolute atomic E-state index is 0.0327. The number of aryl methyl sites for hydroxylation is 1. The SMILES string of the molecule is Cn1nc(-c2ccon2)cc1C(=O)N1C[C@@H]2[C@H](C1)[C@@H]2Oc1cc(C(C)(C)N)cc(N2CCC(C(F)(F)F)CC2)n1. The number of nitrogens with zero attached hydrogens (tertiary/aromatic N) is 6. The average Bonchev–Trinajstić information content (AvgIpc) is 3.41. The summed E-state index contributed by atoms with van der Waals surface area (Å²) in [6, 6.07) is 7.05. The van der Waals surface area contributed by atoms with Gasteiger partial charge in [-0.05, 0) is 44.4 Å². The molecule has 0 aromatic carbocycles. The van der Waals surface area contributed by atoms with Crippen molar-refractivity contribution in [3.63, 3.8) is 0 Å². The van der Waals surface area contributed by atoms with E-state index in [9.17, 15) is 18.0 Å². The molecule has 1 saturated carbocycles. The van der Waals surface area contributed by atoms with E-state index in [4.69, 9.17) is 15.0 Å². The number of likely N-dealkylation sites (tertiary alicyclic amines) is 1. The average molecular weight is 560 g/mol. The number of piperidine rings is 2. The Morgan fingerprint density at radius 2 is 1.80 bits per heavy atom. The minimum Gasteiger partial charge on any atom is -0.474 e. The normalized spacial score (nSPS) is 23.4. The van der Waals surface area contributed by atoms with Gasteiger partial charge in [0.05, 0.1) is 5.92 Å². The summed E-state index contributed by atoms with van der Waals surface area (Å²) in [7, 11) is 1.72. The lowest BCUT2D eigenvalue weighted by Crippen LogP contribution is -2.39. The van der Waals surface area contributed by atoms with Gasteiger partial charge in [0.15, 0.2) is 0 Å². The molecular formula is C27H32F3N7O3. The Labute approximate surface area is 229 Å². The fourth-order valence-corrected chi connectivity index (χ4v) is 5.77. The predicted molar refractivity (Wildman–Crippen MR) is 138 cm³/mol. The van der Waals surface area contributed by atoms with Crippen LogP contribution in [0.1, 0.15) is 42.7 Å². The van der Waals surface area contributed by atoms with Crippen molar-refractivity contribution in [3.05, 3.63) is 41.8 Å². The van der Waals surface area contributed by atoms with Crippen LogP contribution >= 0.6 is 0 Å². The van der Waals surface area contributed by atoms with Crippen LogP contribution in [0.25, 0.3) is 11.4 Å². The third-order valence-electron chi connectivity index (χ3n) is 8.27. The maximum Gasteiger partial charge on any atom is 0.391 e. The number of fused-ring (bicyclic) bond motifs is 1. The molecule has 2 saturated heterocycles. The molecule has 1 aliphatic carbocycles. The summed E-state index contributed by atoms with van der Waals surface area (Å²) in [5.74, 6) is -0.0573. The highest BCUT2D eigenvalue weighted by Gasteiger charge is 2.59. The molecule has 0 radical (unpaired) electrons. The number of pyridine rings is 1. The number of carbonyl (C=O) groups excluding carboxylic acids is 1. The second-order valence-electron chi connectivity index (χ2n) is 11.6. The molecule has 3 aromatic rings. The molecule has 0 unspecified atom stereocenters. The molecule has 1 amide bonds. The number of hydrogen-bond acceptors (Lipinski definition) is 8. The maximum atomic E-state index is 13.2. The van der Waals surface area contributed by atoms with Crippen molar-refractivity contribution in [2.24, 2.45) is 30.5 Å². The van der Waals surface area contributed by atoms with Gasteiger partial charge < -0.3 is 24.8 Å². The second-order valence-corrected chi connectivity index (χ2v) is 11.6. The molecular weight excluding hydrogens is 527 g/mol. The molecule has 0 bridgehead atoms. The largest absolute Gasteiger partial charge is 0.474 e. The van der Waals surface area contributed by atoms with Crippen molar-refractivity contribution in [1.82, 2.24) is 24.8 Å². The lowest BCUT2D eigenvalue weighted by Gasteiger charge is -2.34. The van der Waals surface area contributed by atoms with Gasteiger partial charge in [-0.15, -0.1) is 0 Å². The molecule has 3 aliphatic rings. The van der Waals surface area contributed by atoms with E-state index in [0.717, 1.165) is 5.56 Å². The fourth-order valence-electron chi connectivity index (χ4n) is 5.77. The van der Waals surface area contributed by atoms with Crippen molar-refractivity contribution < 1.29 is 27.2 Å². The fraction of sp³-hybridized carbons (Fsp3) is 0.556. The zero-order valence-electron chi connectivity index (χ0n) is 22.6. The summed E-state index contributed by atoms with van der Waals surface area (Å²) in [6.07, 6.45) is -2.74. The predicted octanol–water partition coefficient (Wildman–Crippen LogP) is 3.59. The standard InChI is InChI=1S/C27H32F3N7O3/c1-26(2,31)16-10-22(36-7-4-15(5-8-36)27(28,29)30)32-23(11-16)40-24-17-13-37(14-18(17)24)25(38)21-12-20(33-35(21)3)19-6-9-39-34-19/h6,9-12,15,17-18,24H,4-5,7-8,13-14,31H2,1-3H3/t17-,18+,24-. The first-order valence-corrected chi connectivity index (χ1v) is 13.4. The van der Waals surface area contributed by atoms with Crippen LogP contribution in [-0.2, 0) is 12.6 Å². The van der Waals surface area contributed by atoms with E-state index < -0.39 is 17.6 Å². The molecule has 2 aliphatic heterocycles. The summed E-state index contributed by atoms with van der Waals surface area (Å²) >= 11 is 0. The molecule has 6 rings (SSSR count). The zero-order chi connectivity index (χ0) is 28.4. The number of amides is 1. The quantitative estimate of drug-likeness (QED) is 0.487. The van der Waals surface area contributed by atoms with E-state index in [-0.39, 0.29) is 49.8 Å². The van der Waals surface area contributed by atoms with Crippen LogP contribution in [0.5, 0.6) is 5.88 Å². The molecule has 3 fully saturated rings. The summed E-state index contributed by atoms with van der Waals surface area (Å²) in [4.78, 5) is 21.6. The number of aromatic nitrogens is 4. The Hall–Kier alpha value is -3.61. The number of carbonyl (C=O) groups is 1. The lowest BCUT2D eigenvalue weighted by atomic mass is 9.94. The maximum absolute atomic E-state index is 13.2. The first kappa shape index (κ1) is 26.6. The molecule has 5 heterocycles. The molecule has 2 N–H and O–H groups in total. The molecule has 40 heavy (non-hydrogen) atoms. The topological polar surface area (TPSA) is 116 Å². The van der Waals surface area contributed by atoms with Crippen LogP contribution in [0.15, 0.2) is 35.1 Å². The van der Waals surface area contributed by atoms with Crippen molar-refractivity contribution in [1.29, 1.82) is 0 Å². The van der Waals surface area contributed by atoms with Crippen LogP contribution in [0.2, 0.25) is 0 Å². The van der Waals surface area contributed by atoms with E-state index in [1.807, 2.05) is 35.8 Å².